The predicted molar refractivity (Wildman–Crippen MR) is 118 cm³/mol. The van der Waals surface area contributed by atoms with E-state index in [1.54, 1.807) is 0 Å². The van der Waals surface area contributed by atoms with E-state index in [2.05, 4.69) is 4.74 Å². The molecule has 2 aromatic rings. The van der Waals surface area contributed by atoms with Gasteiger partial charge in [0, 0.05) is 17.9 Å². The van der Waals surface area contributed by atoms with Gasteiger partial charge in [-0.15, -0.1) is 13.2 Å². The first kappa shape index (κ1) is 26.2. The minimum Gasteiger partial charge on any atom is -0.493 e. The van der Waals surface area contributed by atoms with Gasteiger partial charge in [-0.1, -0.05) is 26.0 Å². The molecule has 0 heterocycles. The predicted octanol–water partition coefficient (Wildman–Crippen LogP) is 6.14. The van der Waals surface area contributed by atoms with Crippen LogP contribution in [0, 0.1) is 25.7 Å². The fourth-order valence-corrected chi connectivity index (χ4v) is 3.81. The Bertz CT molecular complexity index is 944. The van der Waals surface area contributed by atoms with Crippen molar-refractivity contribution in [2.45, 2.75) is 53.3 Å². The van der Waals surface area contributed by atoms with Crippen LogP contribution in [0.1, 0.15) is 53.7 Å². The molecule has 0 aliphatic heterocycles. The van der Waals surface area contributed by atoms with E-state index >= 15 is 0 Å². The smallest absolute Gasteiger partial charge is 0.493 e. The molecule has 0 saturated carbocycles. The van der Waals surface area contributed by atoms with Crippen LogP contribution in [0.3, 0.4) is 0 Å². The van der Waals surface area contributed by atoms with Crippen LogP contribution < -0.4 is 9.47 Å². The van der Waals surface area contributed by atoms with E-state index in [9.17, 15) is 27.9 Å². The summed E-state index contributed by atoms with van der Waals surface area (Å²) < 4.78 is 46.5. The van der Waals surface area contributed by atoms with E-state index in [1.807, 2.05) is 39.8 Å². The number of carboxylic acid groups (broad SMARTS) is 1. The standard InChI is InChI=1S/C25H29F3O5/c1-5-21(24(30)31)17(4)14-32-23-15(2)12-18(13-16(23)3)6-11-22(29)19-7-9-20(10-8-19)33-25(26,27)28/h7-10,12-13,17,21H,5-6,11,14H2,1-4H3,(H,30,31). The minimum absolute atomic E-state index is 0.142. The van der Waals surface area contributed by atoms with Gasteiger partial charge in [-0.25, -0.2) is 0 Å². The Balaban J connectivity index is 1.98. The molecule has 0 spiro atoms. The number of halogens is 3. The van der Waals surface area contributed by atoms with Crippen LogP contribution in [0.15, 0.2) is 36.4 Å². The molecule has 0 saturated heterocycles. The number of carboxylic acids is 1. The number of carbonyl (C=O) groups excluding carboxylic acids is 1. The quantitative estimate of drug-likeness (QED) is 0.403. The number of hydrogen-bond acceptors (Lipinski definition) is 4. The molecule has 2 rings (SSSR count). The molecule has 180 valence electrons. The molecule has 0 radical (unpaired) electrons. The number of hydrogen-bond donors (Lipinski definition) is 1. The lowest BCUT2D eigenvalue weighted by Crippen LogP contribution is -2.25. The van der Waals surface area contributed by atoms with Crippen LogP contribution in [0.2, 0.25) is 0 Å². The van der Waals surface area contributed by atoms with Crippen LogP contribution in [0.5, 0.6) is 11.5 Å². The Morgan fingerprint density at radius 2 is 1.64 bits per heavy atom. The average Bonchev–Trinajstić information content (AvgIpc) is 2.71. The third-order valence-corrected chi connectivity index (χ3v) is 5.51. The normalized spacial score (nSPS) is 13.3. The molecule has 2 atom stereocenters. The Labute approximate surface area is 191 Å². The number of benzene rings is 2. The van der Waals surface area contributed by atoms with Crippen LogP contribution in [-0.4, -0.2) is 29.8 Å². The van der Waals surface area contributed by atoms with Gasteiger partial charge in [0.2, 0.25) is 0 Å². The van der Waals surface area contributed by atoms with E-state index in [0.29, 0.717) is 30.8 Å². The highest BCUT2D eigenvalue weighted by atomic mass is 19.4. The van der Waals surface area contributed by atoms with E-state index < -0.39 is 18.2 Å². The number of ketones is 1. The second-order valence-electron chi connectivity index (χ2n) is 8.20. The Morgan fingerprint density at radius 1 is 1.06 bits per heavy atom. The molecule has 0 fully saturated rings. The lowest BCUT2D eigenvalue weighted by Gasteiger charge is -2.21. The largest absolute Gasteiger partial charge is 0.573 e. The van der Waals surface area contributed by atoms with Crippen LogP contribution in [0.4, 0.5) is 13.2 Å². The zero-order valence-electron chi connectivity index (χ0n) is 19.2. The van der Waals surface area contributed by atoms with Gasteiger partial charge in [-0.05, 0) is 67.6 Å². The summed E-state index contributed by atoms with van der Waals surface area (Å²) in [7, 11) is 0. The van der Waals surface area contributed by atoms with Crippen molar-refractivity contribution in [2.24, 2.45) is 11.8 Å². The average molecular weight is 466 g/mol. The van der Waals surface area contributed by atoms with Crippen molar-refractivity contribution in [1.82, 2.24) is 0 Å². The van der Waals surface area contributed by atoms with Crippen molar-refractivity contribution in [3.8, 4) is 11.5 Å². The summed E-state index contributed by atoms with van der Waals surface area (Å²) >= 11 is 0. The van der Waals surface area contributed by atoms with Gasteiger partial charge in [0.15, 0.2) is 5.78 Å². The molecule has 0 aliphatic carbocycles. The molecule has 8 heteroatoms. The van der Waals surface area contributed by atoms with Crippen molar-refractivity contribution in [3.05, 3.63) is 58.7 Å². The van der Waals surface area contributed by atoms with Gasteiger partial charge < -0.3 is 14.6 Å². The molecule has 0 aliphatic rings. The fourth-order valence-electron chi connectivity index (χ4n) is 3.81. The lowest BCUT2D eigenvalue weighted by atomic mass is 9.92. The maximum Gasteiger partial charge on any atom is 0.573 e. The summed E-state index contributed by atoms with van der Waals surface area (Å²) in [5.41, 5.74) is 3.03. The molecule has 0 bridgehead atoms. The van der Waals surface area contributed by atoms with Crippen molar-refractivity contribution in [1.29, 1.82) is 0 Å². The van der Waals surface area contributed by atoms with Gasteiger partial charge in [0.1, 0.15) is 11.5 Å². The van der Waals surface area contributed by atoms with Gasteiger partial charge in [0.05, 0.1) is 12.5 Å². The van der Waals surface area contributed by atoms with Gasteiger partial charge in [0.25, 0.3) is 0 Å². The first-order valence-corrected chi connectivity index (χ1v) is 10.8. The zero-order valence-corrected chi connectivity index (χ0v) is 19.2. The Morgan fingerprint density at radius 3 is 2.12 bits per heavy atom. The SMILES string of the molecule is CCC(C(=O)O)C(C)COc1c(C)cc(CCC(=O)c2ccc(OC(F)(F)F)cc2)cc1C. The molecule has 1 N–H and O–H groups in total. The van der Waals surface area contributed by atoms with Crippen molar-refractivity contribution in [3.63, 3.8) is 0 Å². The Hall–Kier alpha value is -3.03. The van der Waals surface area contributed by atoms with E-state index in [1.165, 1.54) is 12.1 Å². The molecule has 5 nitrogen and oxygen atoms in total. The number of aliphatic carboxylic acids is 1. The molecular weight excluding hydrogens is 437 g/mol. The third-order valence-electron chi connectivity index (χ3n) is 5.51. The number of aryl methyl sites for hydroxylation is 3. The van der Waals surface area contributed by atoms with Crippen LogP contribution in [0.25, 0.3) is 0 Å². The topological polar surface area (TPSA) is 72.8 Å². The van der Waals surface area contributed by atoms with Crippen molar-refractivity contribution < 1.29 is 37.3 Å². The van der Waals surface area contributed by atoms with Crippen molar-refractivity contribution >= 4 is 11.8 Å². The highest BCUT2D eigenvalue weighted by Gasteiger charge is 2.31. The first-order chi connectivity index (χ1) is 15.4. The van der Waals surface area contributed by atoms with E-state index in [4.69, 9.17) is 4.74 Å². The second-order valence-corrected chi connectivity index (χ2v) is 8.20. The maximum atomic E-state index is 12.4. The summed E-state index contributed by atoms with van der Waals surface area (Å²) in [6, 6.07) is 8.73. The minimum atomic E-state index is -4.77. The van der Waals surface area contributed by atoms with Gasteiger partial charge in [-0.2, -0.15) is 0 Å². The lowest BCUT2D eigenvalue weighted by molar-refractivity contribution is -0.274. The third kappa shape index (κ3) is 7.80. The summed E-state index contributed by atoms with van der Waals surface area (Å²) in [5.74, 6) is -1.29. The number of ether oxygens (including phenoxy) is 2. The summed E-state index contributed by atoms with van der Waals surface area (Å²) in [4.78, 5) is 23.8. The summed E-state index contributed by atoms with van der Waals surface area (Å²) in [6.45, 7) is 7.78. The molecular formula is C25H29F3O5. The number of Topliss-reactive ketones (excluding diaryl/α,β-unsaturated/α-hetero) is 1. The van der Waals surface area contributed by atoms with Crippen LogP contribution in [-0.2, 0) is 11.2 Å². The van der Waals surface area contributed by atoms with Gasteiger partial charge in [-0.3, -0.25) is 9.59 Å². The number of alkyl halides is 3. The first-order valence-electron chi connectivity index (χ1n) is 10.8. The van der Waals surface area contributed by atoms with Gasteiger partial charge >= 0.3 is 12.3 Å². The molecule has 33 heavy (non-hydrogen) atoms. The second kappa shape index (κ2) is 11.2. The number of carbonyl (C=O) groups is 2. The maximum absolute atomic E-state index is 12.4. The molecule has 2 unspecified atom stereocenters. The highest BCUT2D eigenvalue weighted by Crippen LogP contribution is 2.28. The van der Waals surface area contributed by atoms with Crippen molar-refractivity contribution in [2.75, 3.05) is 6.61 Å². The summed E-state index contributed by atoms with van der Waals surface area (Å²) in [5, 5.41) is 9.30. The zero-order chi connectivity index (χ0) is 24.8. The fraction of sp³-hybridized carbons (Fsp3) is 0.440. The van der Waals surface area contributed by atoms with E-state index in [0.717, 1.165) is 28.8 Å². The molecule has 2 aromatic carbocycles. The van der Waals surface area contributed by atoms with E-state index in [-0.39, 0.29) is 23.9 Å². The number of rotatable bonds is 11. The highest BCUT2D eigenvalue weighted by molar-refractivity contribution is 5.96. The molecule has 0 amide bonds. The monoisotopic (exact) mass is 466 g/mol. The Kier molecular flexibility index (Phi) is 8.91. The van der Waals surface area contributed by atoms with Crippen LogP contribution >= 0.6 is 0 Å². The summed E-state index contributed by atoms with van der Waals surface area (Å²) in [6.07, 6.45) is -3.58. The molecule has 0 aromatic heterocycles.